The van der Waals surface area contributed by atoms with E-state index in [1.807, 2.05) is 6.08 Å². The quantitative estimate of drug-likeness (QED) is 0.533. The van der Waals surface area contributed by atoms with Crippen molar-refractivity contribution >= 4 is 15.9 Å². The molecule has 0 saturated carbocycles. The van der Waals surface area contributed by atoms with Crippen LogP contribution in [-0.4, -0.2) is 11.7 Å². The number of rotatable bonds is 4. The van der Waals surface area contributed by atoms with Crippen molar-refractivity contribution in [2.45, 2.75) is 19.3 Å². The van der Waals surface area contributed by atoms with E-state index in [-0.39, 0.29) is 0 Å². The van der Waals surface area contributed by atoms with E-state index in [0.717, 1.165) is 19.3 Å². The summed E-state index contributed by atoms with van der Waals surface area (Å²) in [7, 11) is 0. The van der Waals surface area contributed by atoms with Gasteiger partial charge in [0.2, 0.25) is 0 Å². The van der Waals surface area contributed by atoms with Crippen molar-refractivity contribution in [2.24, 2.45) is 0 Å². The van der Waals surface area contributed by atoms with Crippen LogP contribution in [0.2, 0.25) is 0 Å². The largest absolute Gasteiger partial charge is 0.396 e. The number of unbranched alkanes of at least 4 members (excludes halogenated alkanes) is 2. The number of hydrogen-bond acceptors (Lipinski definition) is 1. The Bertz CT molecular complexity index is 103. The van der Waals surface area contributed by atoms with Gasteiger partial charge in [-0.25, -0.2) is 0 Å². The van der Waals surface area contributed by atoms with Gasteiger partial charge in [0, 0.05) is 11.6 Å². The van der Waals surface area contributed by atoms with E-state index >= 15 is 0 Å². The molecule has 0 aliphatic heterocycles. The highest BCUT2D eigenvalue weighted by Crippen LogP contribution is 1.94. The van der Waals surface area contributed by atoms with E-state index in [0.29, 0.717) is 6.61 Å². The lowest BCUT2D eigenvalue weighted by Gasteiger charge is -1.87. The Labute approximate surface area is 64.2 Å². The van der Waals surface area contributed by atoms with E-state index in [1.54, 1.807) is 4.99 Å². The maximum atomic E-state index is 8.37. The second kappa shape index (κ2) is 7.96. The van der Waals surface area contributed by atoms with Gasteiger partial charge in [-0.1, -0.05) is 15.9 Å². The number of aliphatic hydroxyl groups excluding tert-OH is 1. The Morgan fingerprint density at radius 3 is 2.78 bits per heavy atom. The number of halogens is 1. The molecule has 0 aromatic rings. The van der Waals surface area contributed by atoms with Crippen LogP contribution in [0.1, 0.15) is 19.3 Å². The number of allylic oxidation sites excluding steroid dienone is 1. The van der Waals surface area contributed by atoms with E-state index in [2.05, 4.69) is 21.7 Å². The Hall–Kier alpha value is -0.0400. The maximum Gasteiger partial charge on any atom is 0.0431 e. The molecule has 0 amide bonds. The zero-order valence-corrected chi connectivity index (χ0v) is 6.89. The Morgan fingerprint density at radius 2 is 2.22 bits per heavy atom. The monoisotopic (exact) mass is 190 g/mol. The van der Waals surface area contributed by atoms with Crippen LogP contribution in [0.3, 0.4) is 0 Å². The molecule has 9 heavy (non-hydrogen) atoms. The molecule has 2 heteroatoms. The van der Waals surface area contributed by atoms with Crippen LogP contribution in [0.5, 0.6) is 0 Å². The van der Waals surface area contributed by atoms with Crippen LogP contribution in [0.4, 0.5) is 0 Å². The number of hydrogen-bond donors (Lipinski definition) is 1. The lowest BCUT2D eigenvalue weighted by Crippen LogP contribution is -1.79. The minimum Gasteiger partial charge on any atom is -0.396 e. The Morgan fingerprint density at radius 1 is 1.44 bits per heavy atom. The van der Waals surface area contributed by atoms with Crippen LogP contribution in [0.15, 0.2) is 16.8 Å². The molecule has 0 spiro atoms. The minimum absolute atomic E-state index is 0.297. The average molecular weight is 191 g/mol. The zero-order chi connectivity index (χ0) is 6.95. The SMILES string of the molecule is OCCCCC=C=CBr. The highest BCUT2D eigenvalue weighted by atomic mass is 79.9. The first-order valence-corrected chi connectivity index (χ1v) is 3.94. The molecule has 1 N–H and O–H groups in total. The van der Waals surface area contributed by atoms with Gasteiger partial charge in [0.25, 0.3) is 0 Å². The molecule has 0 aliphatic carbocycles. The predicted octanol–water partition coefficient (Wildman–Crippen LogP) is 2.21. The summed E-state index contributed by atoms with van der Waals surface area (Å²) in [6.45, 7) is 0.297. The van der Waals surface area contributed by atoms with Crippen LogP contribution >= 0.6 is 15.9 Å². The summed E-state index contributed by atoms with van der Waals surface area (Å²) < 4.78 is 0. The van der Waals surface area contributed by atoms with Gasteiger partial charge in [-0.2, -0.15) is 0 Å². The van der Waals surface area contributed by atoms with Gasteiger partial charge in [0.1, 0.15) is 0 Å². The molecule has 0 saturated heterocycles. The second-order valence-electron chi connectivity index (χ2n) is 1.70. The van der Waals surface area contributed by atoms with E-state index < -0.39 is 0 Å². The molecule has 0 unspecified atom stereocenters. The van der Waals surface area contributed by atoms with Crippen LogP contribution in [0, 0.1) is 0 Å². The molecule has 0 aromatic carbocycles. The first-order chi connectivity index (χ1) is 4.41. The Kier molecular flexibility index (Phi) is 7.92. The van der Waals surface area contributed by atoms with Crippen molar-refractivity contribution < 1.29 is 5.11 Å². The van der Waals surface area contributed by atoms with Gasteiger partial charge >= 0.3 is 0 Å². The third kappa shape index (κ3) is 7.96. The van der Waals surface area contributed by atoms with Crippen molar-refractivity contribution in [3.8, 4) is 0 Å². The lowest BCUT2D eigenvalue weighted by molar-refractivity contribution is 0.285. The van der Waals surface area contributed by atoms with Crippen molar-refractivity contribution in [3.05, 3.63) is 16.8 Å². The van der Waals surface area contributed by atoms with Crippen molar-refractivity contribution in [1.29, 1.82) is 0 Å². The van der Waals surface area contributed by atoms with Gasteiger partial charge in [0.15, 0.2) is 0 Å². The van der Waals surface area contributed by atoms with Gasteiger partial charge < -0.3 is 5.11 Å². The normalized spacial score (nSPS) is 8.22. The molecular weight excluding hydrogens is 180 g/mol. The molecule has 0 atom stereocenters. The summed E-state index contributed by atoms with van der Waals surface area (Å²) in [6, 6.07) is 0. The lowest BCUT2D eigenvalue weighted by atomic mass is 10.2. The molecular formula is C7H11BrO. The summed E-state index contributed by atoms with van der Waals surface area (Å²) in [5.74, 6) is 0. The first-order valence-electron chi connectivity index (χ1n) is 3.02. The summed E-state index contributed by atoms with van der Waals surface area (Å²) in [6.07, 6.45) is 4.89. The predicted molar refractivity (Wildman–Crippen MR) is 42.5 cm³/mol. The second-order valence-corrected chi connectivity index (χ2v) is 2.16. The van der Waals surface area contributed by atoms with Crippen LogP contribution < -0.4 is 0 Å². The van der Waals surface area contributed by atoms with Gasteiger partial charge in [0.05, 0.1) is 0 Å². The maximum absolute atomic E-state index is 8.37. The van der Waals surface area contributed by atoms with Crippen molar-refractivity contribution in [3.63, 3.8) is 0 Å². The van der Waals surface area contributed by atoms with Crippen LogP contribution in [-0.2, 0) is 0 Å². The Balaban J connectivity index is 3.00. The fourth-order valence-corrected chi connectivity index (χ4v) is 0.673. The molecule has 0 heterocycles. The molecule has 0 bridgehead atoms. The summed E-state index contributed by atoms with van der Waals surface area (Å²) in [5.41, 5.74) is 2.89. The van der Waals surface area contributed by atoms with Crippen molar-refractivity contribution in [1.82, 2.24) is 0 Å². The smallest absolute Gasteiger partial charge is 0.0431 e. The van der Waals surface area contributed by atoms with E-state index in [4.69, 9.17) is 5.11 Å². The topological polar surface area (TPSA) is 20.2 Å². The fourth-order valence-electron chi connectivity index (χ4n) is 0.486. The zero-order valence-electron chi connectivity index (χ0n) is 5.31. The summed E-state index contributed by atoms with van der Waals surface area (Å²) in [4.78, 5) is 1.70. The van der Waals surface area contributed by atoms with Gasteiger partial charge in [-0.3, -0.25) is 0 Å². The highest BCUT2D eigenvalue weighted by molar-refractivity contribution is 9.11. The molecule has 0 radical (unpaired) electrons. The van der Waals surface area contributed by atoms with E-state index in [9.17, 15) is 0 Å². The molecule has 52 valence electrons. The molecule has 0 rings (SSSR count). The van der Waals surface area contributed by atoms with Gasteiger partial charge in [-0.15, -0.1) is 5.73 Å². The van der Waals surface area contributed by atoms with E-state index in [1.165, 1.54) is 0 Å². The molecule has 1 nitrogen and oxygen atoms in total. The van der Waals surface area contributed by atoms with Gasteiger partial charge in [-0.05, 0) is 25.3 Å². The minimum atomic E-state index is 0.297. The first kappa shape index (κ1) is 8.96. The molecule has 0 aromatic heterocycles. The number of aliphatic hydroxyl groups is 1. The standard InChI is InChI=1S/C7H11BrO/c8-6-4-2-1-3-5-7-9/h2,6,9H,1,3,5,7H2. The molecule has 0 aliphatic rings. The summed E-state index contributed by atoms with van der Waals surface area (Å²) in [5, 5.41) is 8.37. The van der Waals surface area contributed by atoms with Crippen molar-refractivity contribution in [2.75, 3.05) is 6.61 Å². The highest BCUT2D eigenvalue weighted by Gasteiger charge is 1.79. The summed E-state index contributed by atoms with van der Waals surface area (Å²) >= 11 is 3.10. The third-order valence-corrected chi connectivity index (χ3v) is 1.20. The fraction of sp³-hybridized carbons (Fsp3) is 0.571. The molecule has 0 fully saturated rings. The van der Waals surface area contributed by atoms with Crippen LogP contribution in [0.25, 0.3) is 0 Å². The third-order valence-electron chi connectivity index (χ3n) is 0.937. The average Bonchev–Trinajstić information content (AvgIpc) is 1.89.